The molecule has 3 aromatic carbocycles. The fourth-order valence-electron chi connectivity index (χ4n) is 3.50. The number of halogens is 1. The van der Waals surface area contributed by atoms with Gasteiger partial charge in [0.25, 0.3) is 0 Å². The molecule has 170 valence electrons. The van der Waals surface area contributed by atoms with Gasteiger partial charge < -0.3 is 15.2 Å². The zero-order chi connectivity index (χ0) is 21.9. The van der Waals surface area contributed by atoms with Gasteiger partial charge in [0.15, 0.2) is 5.78 Å². The molecule has 32 heavy (non-hydrogen) atoms. The van der Waals surface area contributed by atoms with Crippen molar-refractivity contribution in [2.45, 2.75) is 31.5 Å². The SMILES string of the molecule is CC(CNCC(O)COC(Cc1ccccc1)C(=O)c1ccccc1)c1ccccc1.Cl. The number of Topliss-reactive ketones (excluding diaryl/α,β-unsaturated/α-hetero) is 1. The van der Waals surface area contributed by atoms with Crippen molar-refractivity contribution in [2.24, 2.45) is 0 Å². The monoisotopic (exact) mass is 453 g/mol. The van der Waals surface area contributed by atoms with Crippen molar-refractivity contribution in [1.29, 1.82) is 0 Å². The smallest absolute Gasteiger partial charge is 0.191 e. The molecular weight excluding hydrogens is 422 g/mol. The van der Waals surface area contributed by atoms with Gasteiger partial charge in [0, 0.05) is 25.1 Å². The first-order valence-electron chi connectivity index (χ1n) is 10.8. The Morgan fingerprint density at radius 2 is 1.44 bits per heavy atom. The molecule has 5 heteroatoms. The molecule has 3 atom stereocenters. The second kappa shape index (κ2) is 13.8. The first-order chi connectivity index (χ1) is 15.1. The van der Waals surface area contributed by atoms with E-state index in [1.807, 2.05) is 66.7 Å². The zero-order valence-corrected chi connectivity index (χ0v) is 19.2. The number of carbonyl (C=O) groups is 1. The summed E-state index contributed by atoms with van der Waals surface area (Å²) in [7, 11) is 0. The predicted molar refractivity (Wildman–Crippen MR) is 132 cm³/mol. The van der Waals surface area contributed by atoms with Crippen LogP contribution < -0.4 is 5.32 Å². The first kappa shape index (κ1) is 25.8. The molecule has 0 saturated carbocycles. The maximum Gasteiger partial charge on any atom is 0.191 e. The molecule has 0 bridgehead atoms. The van der Waals surface area contributed by atoms with Crippen molar-refractivity contribution in [3.8, 4) is 0 Å². The highest BCUT2D eigenvalue weighted by Gasteiger charge is 2.22. The van der Waals surface area contributed by atoms with E-state index in [0.29, 0.717) is 24.4 Å². The lowest BCUT2D eigenvalue weighted by Crippen LogP contribution is -2.36. The Labute approximate surface area is 197 Å². The van der Waals surface area contributed by atoms with Gasteiger partial charge in [0.05, 0.1) is 12.7 Å². The van der Waals surface area contributed by atoms with Crippen molar-refractivity contribution >= 4 is 18.2 Å². The minimum absolute atomic E-state index is 0. The van der Waals surface area contributed by atoms with Gasteiger partial charge in [-0.05, 0) is 17.0 Å². The van der Waals surface area contributed by atoms with Crippen LogP contribution in [0.1, 0.15) is 34.3 Å². The van der Waals surface area contributed by atoms with Crippen LogP contribution in [-0.4, -0.2) is 42.8 Å². The largest absolute Gasteiger partial charge is 0.389 e. The Hall–Kier alpha value is -2.50. The summed E-state index contributed by atoms with van der Waals surface area (Å²) >= 11 is 0. The summed E-state index contributed by atoms with van der Waals surface area (Å²) in [5, 5.41) is 13.7. The standard InChI is InChI=1S/C27H31NO3.ClH/c1-21(23-13-7-3-8-14-23)18-28-19-25(29)20-31-26(17-22-11-5-2-6-12-22)27(30)24-15-9-4-10-16-24;/h2-16,21,25-26,28-29H,17-20H2,1H3;1H. The molecule has 0 fully saturated rings. The van der Waals surface area contributed by atoms with Crippen molar-refractivity contribution in [2.75, 3.05) is 19.7 Å². The molecule has 0 saturated heterocycles. The van der Waals surface area contributed by atoms with Gasteiger partial charge in [-0.3, -0.25) is 4.79 Å². The third-order valence-electron chi connectivity index (χ3n) is 5.30. The Morgan fingerprint density at radius 1 is 0.875 bits per heavy atom. The number of rotatable bonds is 12. The number of benzene rings is 3. The Kier molecular flexibility index (Phi) is 11.1. The van der Waals surface area contributed by atoms with Gasteiger partial charge in [0.2, 0.25) is 0 Å². The van der Waals surface area contributed by atoms with Crippen molar-refractivity contribution in [1.82, 2.24) is 5.32 Å². The first-order valence-corrected chi connectivity index (χ1v) is 10.8. The highest BCUT2D eigenvalue weighted by molar-refractivity contribution is 5.99. The fraction of sp³-hybridized carbons (Fsp3) is 0.296. The van der Waals surface area contributed by atoms with Crippen LogP contribution in [0, 0.1) is 0 Å². The van der Waals surface area contributed by atoms with Gasteiger partial charge in [-0.25, -0.2) is 0 Å². The summed E-state index contributed by atoms with van der Waals surface area (Å²) < 4.78 is 5.93. The van der Waals surface area contributed by atoms with Gasteiger partial charge in [0.1, 0.15) is 6.10 Å². The molecule has 0 aliphatic carbocycles. The highest BCUT2D eigenvalue weighted by atomic mass is 35.5. The predicted octanol–water partition coefficient (Wildman–Crippen LogP) is 4.67. The average Bonchev–Trinajstić information content (AvgIpc) is 2.83. The molecule has 0 radical (unpaired) electrons. The van der Waals surface area contributed by atoms with E-state index in [-0.39, 0.29) is 24.8 Å². The van der Waals surface area contributed by atoms with E-state index < -0.39 is 12.2 Å². The number of carbonyl (C=O) groups excluding carboxylic acids is 1. The quantitative estimate of drug-likeness (QED) is 0.391. The van der Waals surface area contributed by atoms with Gasteiger partial charge in [-0.2, -0.15) is 0 Å². The van der Waals surface area contributed by atoms with Crippen LogP contribution in [0.4, 0.5) is 0 Å². The fourth-order valence-corrected chi connectivity index (χ4v) is 3.50. The molecule has 3 unspecified atom stereocenters. The molecule has 3 aromatic rings. The summed E-state index contributed by atoms with van der Waals surface area (Å²) in [5.74, 6) is 0.280. The summed E-state index contributed by atoms with van der Waals surface area (Å²) in [4.78, 5) is 13.0. The molecule has 0 amide bonds. The maximum absolute atomic E-state index is 13.0. The van der Waals surface area contributed by atoms with E-state index in [1.165, 1.54) is 5.56 Å². The van der Waals surface area contributed by atoms with E-state index >= 15 is 0 Å². The van der Waals surface area contributed by atoms with Gasteiger partial charge in [-0.1, -0.05) is 97.9 Å². The van der Waals surface area contributed by atoms with E-state index in [2.05, 4.69) is 24.4 Å². The summed E-state index contributed by atoms with van der Waals surface area (Å²) in [6.07, 6.45) is -0.854. The molecule has 3 rings (SSSR count). The van der Waals surface area contributed by atoms with Gasteiger partial charge in [-0.15, -0.1) is 12.4 Å². The second-order valence-electron chi connectivity index (χ2n) is 7.87. The molecule has 0 heterocycles. The van der Waals surface area contributed by atoms with Crippen LogP contribution >= 0.6 is 12.4 Å². The lowest BCUT2D eigenvalue weighted by molar-refractivity contribution is -0.00170. The zero-order valence-electron chi connectivity index (χ0n) is 18.4. The van der Waals surface area contributed by atoms with Crippen LogP contribution in [0.25, 0.3) is 0 Å². The van der Waals surface area contributed by atoms with Crippen LogP contribution in [0.3, 0.4) is 0 Å². The third kappa shape index (κ3) is 8.21. The van der Waals surface area contributed by atoms with Crippen LogP contribution in [0.2, 0.25) is 0 Å². The second-order valence-corrected chi connectivity index (χ2v) is 7.87. The van der Waals surface area contributed by atoms with Crippen molar-refractivity contribution in [3.05, 3.63) is 108 Å². The number of ketones is 1. The number of ether oxygens (including phenoxy) is 1. The normalized spacial score (nSPS) is 13.6. The molecule has 4 nitrogen and oxygen atoms in total. The topological polar surface area (TPSA) is 58.6 Å². The lowest BCUT2D eigenvalue weighted by atomic mass is 10.00. The number of aliphatic hydroxyl groups is 1. The van der Waals surface area contributed by atoms with E-state index in [1.54, 1.807) is 12.1 Å². The van der Waals surface area contributed by atoms with Crippen molar-refractivity contribution < 1.29 is 14.6 Å². The minimum Gasteiger partial charge on any atom is -0.389 e. The van der Waals surface area contributed by atoms with Crippen LogP contribution in [0.5, 0.6) is 0 Å². The molecule has 2 N–H and O–H groups in total. The number of nitrogens with one attached hydrogen (secondary N) is 1. The molecular formula is C27H32ClNO3. The molecule has 0 spiro atoms. The third-order valence-corrected chi connectivity index (χ3v) is 5.30. The lowest BCUT2D eigenvalue weighted by Gasteiger charge is -2.20. The summed E-state index contributed by atoms with van der Waals surface area (Å²) in [5.41, 5.74) is 2.91. The maximum atomic E-state index is 13.0. The Bertz CT molecular complexity index is 906. The number of hydrogen-bond acceptors (Lipinski definition) is 4. The molecule has 0 aromatic heterocycles. The average molecular weight is 454 g/mol. The number of hydrogen-bond donors (Lipinski definition) is 2. The molecule has 0 aliphatic heterocycles. The summed E-state index contributed by atoms with van der Waals surface area (Å²) in [6, 6.07) is 29.3. The Balaban J connectivity index is 0.00000363. The van der Waals surface area contributed by atoms with E-state index in [4.69, 9.17) is 4.74 Å². The van der Waals surface area contributed by atoms with Crippen LogP contribution in [-0.2, 0) is 11.2 Å². The highest BCUT2D eigenvalue weighted by Crippen LogP contribution is 2.14. The minimum atomic E-state index is -0.690. The number of aliphatic hydroxyl groups excluding tert-OH is 1. The van der Waals surface area contributed by atoms with Gasteiger partial charge >= 0.3 is 0 Å². The van der Waals surface area contributed by atoms with Crippen molar-refractivity contribution in [3.63, 3.8) is 0 Å². The molecule has 0 aliphatic rings. The summed E-state index contributed by atoms with van der Waals surface area (Å²) in [6.45, 7) is 3.43. The Morgan fingerprint density at radius 3 is 2.06 bits per heavy atom. The van der Waals surface area contributed by atoms with Crippen LogP contribution in [0.15, 0.2) is 91.0 Å². The van der Waals surface area contributed by atoms with E-state index in [9.17, 15) is 9.90 Å². The van der Waals surface area contributed by atoms with E-state index in [0.717, 1.165) is 12.1 Å².